The number of aryl methyl sites for hydroxylation is 1. The van der Waals surface area contributed by atoms with Gasteiger partial charge in [-0.15, -0.1) is 5.10 Å². The fraction of sp³-hybridized carbons (Fsp3) is 0.357. The molecule has 2 heterocycles. The first-order valence-electron chi connectivity index (χ1n) is 6.99. The van der Waals surface area contributed by atoms with Crippen LogP contribution in [0.3, 0.4) is 0 Å². The van der Waals surface area contributed by atoms with Gasteiger partial charge in [0.25, 0.3) is 0 Å². The molecule has 0 aliphatic rings. The lowest BCUT2D eigenvalue weighted by Crippen LogP contribution is -2.14. The molecule has 0 bridgehead atoms. The summed E-state index contributed by atoms with van der Waals surface area (Å²) < 4.78 is 1.74. The molecule has 0 aliphatic carbocycles. The Morgan fingerprint density at radius 3 is 3.00 bits per heavy atom. The number of aromatic nitrogens is 5. The monoisotopic (exact) mass is 286 g/mol. The van der Waals surface area contributed by atoms with E-state index in [1.807, 2.05) is 30.5 Å². The topological polar surface area (TPSA) is 91.7 Å². The number of para-hydroxylation sites is 2. The molecule has 3 rings (SSSR count). The van der Waals surface area contributed by atoms with Crippen LogP contribution in [-0.4, -0.2) is 36.7 Å². The number of hydrogen-bond acceptors (Lipinski definition) is 5. The SMILES string of the molecule is OCCCn1cc(CNCc2nc3ccccc3[nH]2)nn1. The number of aromatic amines is 1. The number of aliphatic hydroxyl groups excluding tert-OH is 1. The molecule has 0 amide bonds. The average Bonchev–Trinajstić information content (AvgIpc) is 3.11. The third-order valence-corrected chi connectivity index (χ3v) is 3.17. The summed E-state index contributed by atoms with van der Waals surface area (Å²) in [5.41, 5.74) is 2.90. The highest BCUT2D eigenvalue weighted by Crippen LogP contribution is 2.09. The van der Waals surface area contributed by atoms with E-state index >= 15 is 0 Å². The smallest absolute Gasteiger partial charge is 0.121 e. The molecule has 3 N–H and O–H groups in total. The third kappa shape index (κ3) is 3.45. The summed E-state index contributed by atoms with van der Waals surface area (Å²) in [7, 11) is 0. The minimum Gasteiger partial charge on any atom is -0.396 e. The van der Waals surface area contributed by atoms with Gasteiger partial charge in [-0.2, -0.15) is 0 Å². The van der Waals surface area contributed by atoms with Crippen LogP contribution in [0.4, 0.5) is 0 Å². The maximum absolute atomic E-state index is 8.78. The molecule has 110 valence electrons. The van der Waals surface area contributed by atoms with Crippen molar-refractivity contribution in [2.24, 2.45) is 0 Å². The number of rotatable bonds is 7. The van der Waals surface area contributed by atoms with E-state index in [0.29, 0.717) is 26.1 Å². The van der Waals surface area contributed by atoms with Gasteiger partial charge in [0, 0.05) is 25.9 Å². The molecule has 0 spiro atoms. The summed E-state index contributed by atoms with van der Waals surface area (Å²) in [6, 6.07) is 7.97. The molecular formula is C14H18N6O. The molecule has 0 radical (unpaired) electrons. The molecule has 0 saturated carbocycles. The maximum Gasteiger partial charge on any atom is 0.121 e. The Morgan fingerprint density at radius 1 is 1.24 bits per heavy atom. The van der Waals surface area contributed by atoms with Gasteiger partial charge in [0.05, 0.1) is 23.3 Å². The Balaban J connectivity index is 1.52. The lowest BCUT2D eigenvalue weighted by Gasteiger charge is -1.98. The van der Waals surface area contributed by atoms with Gasteiger partial charge in [0.15, 0.2) is 0 Å². The van der Waals surface area contributed by atoms with E-state index in [1.165, 1.54) is 0 Å². The van der Waals surface area contributed by atoms with Crippen LogP contribution >= 0.6 is 0 Å². The summed E-state index contributed by atoms with van der Waals surface area (Å²) in [5.74, 6) is 0.906. The molecule has 0 saturated heterocycles. The lowest BCUT2D eigenvalue weighted by atomic mass is 10.3. The molecule has 0 aliphatic heterocycles. The van der Waals surface area contributed by atoms with E-state index in [2.05, 4.69) is 25.6 Å². The molecule has 7 heteroatoms. The van der Waals surface area contributed by atoms with E-state index in [9.17, 15) is 0 Å². The van der Waals surface area contributed by atoms with Crippen LogP contribution in [0.2, 0.25) is 0 Å². The lowest BCUT2D eigenvalue weighted by molar-refractivity contribution is 0.276. The Labute approximate surface area is 122 Å². The van der Waals surface area contributed by atoms with Crippen molar-refractivity contribution < 1.29 is 5.11 Å². The van der Waals surface area contributed by atoms with E-state index in [-0.39, 0.29) is 6.61 Å². The first-order valence-corrected chi connectivity index (χ1v) is 6.99. The molecule has 7 nitrogen and oxygen atoms in total. The molecule has 21 heavy (non-hydrogen) atoms. The first-order chi connectivity index (χ1) is 10.3. The normalized spacial score (nSPS) is 11.3. The zero-order valence-corrected chi connectivity index (χ0v) is 11.7. The second-order valence-corrected chi connectivity index (χ2v) is 4.85. The molecule has 1 aromatic carbocycles. The summed E-state index contributed by atoms with van der Waals surface area (Å²) >= 11 is 0. The van der Waals surface area contributed by atoms with Crippen molar-refractivity contribution in [2.75, 3.05) is 6.61 Å². The zero-order valence-electron chi connectivity index (χ0n) is 11.7. The van der Waals surface area contributed by atoms with Gasteiger partial charge in [-0.25, -0.2) is 4.98 Å². The highest BCUT2D eigenvalue weighted by Gasteiger charge is 2.03. The molecule has 2 aromatic heterocycles. The number of fused-ring (bicyclic) bond motifs is 1. The van der Waals surface area contributed by atoms with Crippen molar-refractivity contribution in [2.45, 2.75) is 26.1 Å². The summed E-state index contributed by atoms with van der Waals surface area (Å²) in [5, 5.41) is 20.2. The van der Waals surface area contributed by atoms with Gasteiger partial charge < -0.3 is 15.4 Å². The number of benzene rings is 1. The number of nitrogens with zero attached hydrogens (tertiary/aromatic N) is 4. The largest absolute Gasteiger partial charge is 0.396 e. The highest BCUT2D eigenvalue weighted by molar-refractivity contribution is 5.74. The van der Waals surface area contributed by atoms with Crippen LogP contribution < -0.4 is 5.32 Å². The Bertz CT molecular complexity index is 671. The van der Waals surface area contributed by atoms with E-state index in [1.54, 1.807) is 4.68 Å². The molecule has 0 atom stereocenters. The van der Waals surface area contributed by atoms with Gasteiger partial charge in [-0.1, -0.05) is 17.3 Å². The molecular weight excluding hydrogens is 268 g/mol. The Kier molecular flexibility index (Phi) is 4.23. The van der Waals surface area contributed by atoms with Gasteiger partial charge in [-0.05, 0) is 18.6 Å². The van der Waals surface area contributed by atoms with E-state index < -0.39 is 0 Å². The molecule has 3 aromatic rings. The quantitative estimate of drug-likeness (QED) is 0.598. The van der Waals surface area contributed by atoms with Crippen LogP contribution in [0.5, 0.6) is 0 Å². The van der Waals surface area contributed by atoms with Gasteiger partial charge in [0.2, 0.25) is 0 Å². The number of nitrogens with one attached hydrogen (secondary N) is 2. The van der Waals surface area contributed by atoms with Crippen molar-refractivity contribution in [3.63, 3.8) is 0 Å². The zero-order chi connectivity index (χ0) is 14.5. The number of H-pyrrole nitrogens is 1. The van der Waals surface area contributed by atoms with Crippen LogP contribution in [0.15, 0.2) is 30.5 Å². The van der Waals surface area contributed by atoms with Crippen molar-refractivity contribution in [1.29, 1.82) is 0 Å². The predicted molar refractivity (Wildman–Crippen MR) is 78.4 cm³/mol. The number of imidazole rings is 1. The second kappa shape index (κ2) is 6.47. The van der Waals surface area contributed by atoms with E-state index in [0.717, 1.165) is 22.6 Å². The predicted octanol–water partition coefficient (Wildman–Crippen LogP) is 0.827. The van der Waals surface area contributed by atoms with Gasteiger partial charge in [0.1, 0.15) is 5.82 Å². The third-order valence-electron chi connectivity index (χ3n) is 3.17. The number of aliphatic hydroxyl groups is 1. The van der Waals surface area contributed by atoms with Gasteiger partial charge >= 0.3 is 0 Å². The minimum atomic E-state index is 0.166. The molecule has 0 fully saturated rings. The van der Waals surface area contributed by atoms with E-state index in [4.69, 9.17) is 5.11 Å². The minimum absolute atomic E-state index is 0.166. The second-order valence-electron chi connectivity index (χ2n) is 4.85. The van der Waals surface area contributed by atoms with Crippen molar-refractivity contribution >= 4 is 11.0 Å². The van der Waals surface area contributed by atoms with Crippen molar-refractivity contribution in [1.82, 2.24) is 30.3 Å². The molecule has 0 unspecified atom stereocenters. The maximum atomic E-state index is 8.78. The summed E-state index contributed by atoms with van der Waals surface area (Å²) in [6.45, 7) is 2.14. The van der Waals surface area contributed by atoms with Crippen molar-refractivity contribution in [3.8, 4) is 0 Å². The first kappa shape index (κ1) is 13.7. The number of hydrogen-bond donors (Lipinski definition) is 3. The highest BCUT2D eigenvalue weighted by atomic mass is 16.3. The average molecular weight is 286 g/mol. The van der Waals surface area contributed by atoms with Crippen LogP contribution in [0.25, 0.3) is 11.0 Å². The fourth-order valence-electron chi connectivity index (χ4n) is 2.16. The standard InChI is InChI=1S/C14H18N6O/c21-7-3-6-20-10-11(18-19-20)8-15-9-14-16-12-4-1-2-5-13(12)17-14/h1-2,4-5,10,15,21H,3,6-9H2,(H,16,17). The van der Waals surface area contributed by atoms with Crippen LogP contribution in [-0.2, 0) is 19.6 Å². The summed E-state index contributed by atoms with van der Waals surface area (Å²) in [4.78, 5) is 7.77. The Morgan fingerprint density at radius 2 is 2.14 bits per heavy atom. The summed E-state index contributed by atoms with van der Waals surface area (Å²) in [6.07, 6.45) is 2.58. The Hall–Kier alpha value is -2.25. The van der Waals surface area contributed by atoms with Crippen LogP contribution in [0, 0.1) is 0 Å². The van der Waals surface area contributed by atoms with Crippen LogP contribution in [0.1, 0.15) is 17.9 Å². The van der Waals surface area contributed by atoms with Gasteiger partial charge in [-0.3, -0.25) is 4.68 Å². The fourth-order valence-corrected chi connectivity index (χ4v) is 2.16. The van der Waals surface area contributed by atoms with Crippen molar-refractivity contribution in [3.05, 3.63) is 42.0 Å².